The first-order valence-electron chi connectivity index (χ1n) is 2.84. The van der Waals surface area contributed by atoms with Crippen LogP contribution in [0.1, 0.15) is 13.8 Å². The largest absolute Gasteiger partial charge is 0.212 e. The molecule has 3 heteroatoms. The van der Waals surface area contributed by atoms with Crippen molar-refractivity contribution in [3.8, 4) is 0 Å². The molecule has 0 saturated carbocycles. The van der Waals surface area contributed by atoms with Gasteiger partial charge in [-0.1, -0.05) is 0 Å². The smallest absolute Gasteiger partial charge is 0.125 e. The van der Waals surface area contributed by atoms with Crippen molar-refractivity contribution >= 4 is 11.6 Å². The Morgan fingerprint density at radius 2 is 1.90 bits per heavy atom. The maximum atomic E-state index is 12.5. The Morgan fingerprint density at radius 1 is 1.40 bits per heavy atom. The molecule has 0 heterocycles. The molecule has 0 amide bonds. The Bertz CT molecular complexity index is 166. The van der Waals surface area contributed by atoms with Crippen LogP contribution in [0.5, 0.6) is 0 Å². The molecule has 0 bridgehead atoms. The Kier molecular flexibility index (Phi) is 4.28. The van der Waals surface area contributed by atoms with E-state index >= 15 is 0 Å². The minimum absolute atomic E-state index is 0.0145. The lowest BCUT2D eigenvalue weighted by molar-refractivity contribution is 0.594. The molecule has 0 atom stereocenters. The molecule has 0 aromatic rings. The van der Waals surface area contributed by atoms with Gasteiger partial charge in [0.25, 0.3) is 0 Å². The molecule has 0 nitrogen and oxygen atoms in total. The third-order valence-electron chi connectivity index (χ3n) is 1.13. The van der Waals surface area contributed by atoms with Crippen molar-refractivity contribution in [2.24, 2.45) is 0 Å². The summed E-state index contributed by atoms with van der Waals surface area (Å²) >= 11 is 5.18. The number of rotatable bonds is 2. The third-order valence-corrected chi connectivity index (χ3v) is 1.29. The normalized spacial score (nSPS) is 15.1. The van der Waals surface area contributed by atoms with Crippen LogP contribution < -0.4 is 0 Å². The van der Waals surface area contributed by atoms with Gasteiger partial charge in [-0.25, -0.2) is 8.78 Å². The zero-order valence-corrected chi connectivity index (χ0v) is 6.67. The van der Waals surface area contributed by atoms with Crippen molar-refractivity contribution in [3.05, 3.63) is 23.3 Å². The fourth-order valence-electron chi connectivity index (χ4n) is 0.385. The predicted molar refractivity (Wildman–Crippen MR) is 39.4 cm³/mol. The van der Waals surface area contributed by atoms with E-state index in [-0.39, 0.29) is 11.5 Å². The number of hydrogen-bond donors (Lipinski definition) is 0. The molecule has 0 aliphatic carbocycles. The van der Waals surface area contributed by atoms with Gasteiger partial charge in [0.2, 0.25) is 0 Å². The fraction of sp³-hybridized carbons (Fsp3) is 0.429. The predicted octanol–water partition coefficient (Wildman–Crippen LogP) is 3.34. The highest BCUT2D eigenvalue weighted by molar-refractivity contribution is 6.18. The first-order valence-corrected chi connectivity index (χ1v) is 3.38. The van der Waals surface area contributed by atoms with Crippen molar-refractivity contribution in [3.63, 3.8) is 0 Å². The molecule has 10 heavy (non-hydrogen) atoms. The standard InChI is InChI=1S/C7H9ClF2/c1-5(6(2)9)7(10)3-4-8/h3H,4H2,1-2H3/b6-5+,7-3+. The summed E-state index contributed by atoms with van der Waals surface area (Å²) in [7, 11) is 0. The van der Waals surface area contributed by atoms with Gasteiger partial charge in [0.15, 0.2) is 0 Å². The van der Waals surface area contributed by atoms with Crippen LogP contribution in [0.3, 0.4) is 0 Å². The Labute approximate surface area is 64.2 Å². The molecule has 58 valence electrons. The van der Waals surface area contributed by atoms with Gasteiger partial charge >= 0.3 is 0 Å². The van der Waals surface area contributed by atoms with Crippen LogP contribution in [0.2, 0.25) is 0 Å². The zero-order valence-electron chi connectivity index (χ0n) is 5.92. The fourth-order valence-corrected chi connectivity index (χ4v) is 0.521. The number of halogens is 3. The SMILES string of the molecule is C/C(F)=C(C)\C(F)=C/CCl. The van der Waals surface area contributed by atoms with Crippen molar-refractivity contribution < 1.29 is 8.78 Å². The van der Waals surface area contributed by atoms with E-state index in [4.69, 9.17) is 11.6 Å². The molecule has 0 fully saturated rings. The van der Waals surface area contributed by atoms with Gasteiger partial charge in [-0.2, -0.15) is 0 Å². The highest BCUT2D eigenvalue weighted by Gasteiger charge is 2.00. The summed E-state index contributed by atoms with van der Waals surface area (Å²) in [4.78, 5) is 0. The first-order chi connectivity index (χ1) is 4.59. The molecule has 0 radical (unpaired) electrons. The molecule has 0 aliphatic heterocycles. The number of allylic oxidation sites excluding steroid dienone is 4. The molecule has 0 aliphatic rings. The van der Waals surface area contributed by atoms with E-state index in [9.17, 15) is 8.78 Å². The van der Waals surface area contributed by atoms with Gasteiger partial charge in [0.1, 0.15) is 11.7 Å². The minimum Gasteiger partial charge on any atom is -0.212 e. The molecule has 0 aromatic carbocycles. The summed E-state index contributed by atoms with van der Waals surface area (Å²) in [6.45, 7) is 2.57. The lowest BCUT2D eigenvalue weighted by Gasteiger charge is -1.95. The highest BCUT2D eigenvalue weighted by Crippen LogP contribution is 2.15. The van der Waals surface area contributed by atoms with E-state index in [2.05, 4.69) is 0 Å². The van der Waals surface area contributed by atoms with Crippen molar-refractivity contribution in [1.82, 2.24) is 0 Å². The van der Waals surface area contributed by atoms with E-state index in [1.807, 2.05) is 0 Å². The van der Waals surface area contributed by atoms with Crippen molar-refractivity contribution in [2.75, 3.05) is 5.88 Å². The second kappa shape index (κ2) is 4.45. The second-order valence-electron chi connectivity index (χ2n) is 1.86. The minimum atomic E-state index is -0.588. The lowest BCUT2D eigenvalue weighted by atomic mass is 10.2. The zero-order chi connectivity index (χ0) is 8.15. The van der Waals surface area contributed by atoms with Crippen LogP contribution in [0, 0.1) is 0 Å². The van der Waals surface area contributed by atoms with Crippen LogP contribution in [-0.4, -0.2) is 5.88 Å². The number of alkyl halides is 1. The van der Waals surface area contributed by atoms with E-state index in [0.29, 0.717) is 0 Å². The molecule has 0 aromatic heterocycles. The monoisotopic (exact) mass is 166 g/mol. The van der Waals surface area contributed by atoms with Crippen molar-refractivity contribution in [1.29, 1.82) is 0 Å². The van der Waals surface area contributed by atoms with Crippen LogP contribution in [0.25, 0.3) is 0 Å². The van der Waals surface area contributed by atoms with Crippen molar-refractivity contribution in [2.45, 2.75) is 13.8 Å². The highest BCUT2D eigenvalue weighted by atomic mass is 35.5. The molecular weight excluding hydrogens is 158 g/mol. The topological polar surface area (TPSA) is 0 Å². The summed E-state index contributed by atoms with van der Waals surface area (Å²) in [5.41, 5.74) is 0.0145. The van der Waals surface area contributed by atoms with Crippen LogP contribution in [0.4, 0.5) is 8.78 Å². The van der Waals surface area contributed by atoms with E-state index in [0.717, 1.165) is 6.08 Å². The molecular formula is C7H9ClF2. The van der Waals surface area contributed by atoms with Gasteiger partial charge in [-0.3, -0.25) is 0 Å². The average Bonchev–Trinajstić information content (AvgIpc) is 1.87. The first kappa shape index (κ1) is 9.63. The van der Waals surface area contributed by atoms with Crippen LogP contribution in [-0.2, 0) is 0 Å². The Morgan fingerprint density at radius 3 is 2.20 bits per heavy atom. The van der Waals surface area contributed by atoms with E-state index < -0.39 is 11.7 Å². The Balaban J connectivity index is 4.36. The van der Waals surface area contributed by atoms with E-state index in [1.165, 1.54) is 13.8 Å². The Hall–Kier alpha value is -0.370. The summed E-state index contributed by atoms with van der Waals surface area (Å²) in [6, 6.07) is 0. The molecule has 0 unspecified atom stereocenters. The molecule has 0 N–H and O–H groups in total. The summed E-state index contributed by atoms with van der Waals surface area (Å²) in [5.74, 6) is -1.04. The van der Waals surface area contributed by atoms with E-state index in [1.54, 1.807) is 0 Å². The van der Waals surface area contributed by atoms with Crippen LogP contribution in [0.15, 0.2) is 23.3 Å². The van der Waals surface area contributed by atoms with Gasteiger partial charge < -0.3 is 0 Å². The molecule has 0 saturated heterocycles. The summed E-state index contributed by atoms with van der Waals surface area (Å²) in [6.07, 6.45) is 1.12. The average molecular weight is 167 g/mol. The van der Waals surface area contributed by atoms with Crippen LogP contribution >= 0.6 is 11.6 Å². The summed E-state index contributed by atoms with van der Waals surface area (Å²) < 4.78 is 24.8. The molecule has 0 rings (SSSR count). The van der Waals surface area contributed by atoms with Gasteiger partial charge in [0, 0.05) is 11.5 Å². The van der Waals surface area contributed by atoms with Gasteiger partial charge in [0.05, 0.1) is 0 Å². The lowest BCUT2D eigenvalue weighted by Crippen LogP contribution is -1.80. The quantitative estimate of drug-likeness (QED) is 0.436. The third kappa shape index (κ3) is 2.97. The second-order valence-corrected chi connectivity index (χ2v) is 2.17. The van der Waals surface area contributed by atoms with Gasteiger partial charge in [-0.05, 0) is 19.9 Å². The maximum Gasteiger partial charge on any atom is 0.125 e. The maximum absolute atomic E-state index is 12.5. The summed E-state index contributed by atoms with van der Waals surface area (Å²) in [5, 5.41) is 0. The molecule has 0 spiro atoms. The van der Waals surface area contributed by atoms with Gasteiger partial charge in [-0.15, -0.1) is 11.6 Å². The number of hydrogen-bond acceptors (Lipinski definition) is 0.